The van der Waals surface area contributed by atoms with Gasteiger partial charge in [0.15, 0.2) is 11.4 Å². The van der Waals surface area contributed by atoms with E-state index in [-0.39, 0.29) is 17.8 Å². The highest BCUT2D eigenvalue weighted by atomic mass is 32.2. The molecule has 9 nitrogen and oxygen atoms in total. The second-order valence-corrected chi connectivity index (χ2v) is 10.8. The van der Waals surface area contributed by atoms with Gasteiger partial charge in [0.2, 0.25) is 10.0 Å². The summed E-state index contributed by atoms with van der Waals surface area (Å²) in [7, 11) is -2.83. The number of fused-ring (bicyclic) bond motifs is 2. The molecule has 0 aliphatic carbocycles. The van der Waals surface area contributed by atoms with E-state index >= 15 is 13.2 Å². The molecule has 0 amide bonds. The Morgan fingerprint density at radius 3 is 2.41 bits per heavy atom. The first-order chi connectivity index (χ1) is 18.3. The number of alkyl halides is 2. The smallest absolute Gasteiger partial charge is 0.334 e. The Labute approximate surface area is 215 Å². The lowest BCUT2D eigenvalue weighted by atomic mass is 9.96. The van der Waals surface area contributed by atoms with Gasteiger partial charge in [0.1, 0.15) is 35.0 Å². The number of hydrogen-bond donors (Lipinski definition) is 1. The largest absolute Gasteiger partial charge is 0.380 e. The molecule has 0 radical (unpaired) electrons. The SMILES string of the molecule is CCS(=O)(=O)N[C@@H]1Cn2c(cn(-c3noc4cc(COC)c(F)c(-c5c(F)cc(F)cc5F)c34)c2=O)C1(F)F. The van der Waals surface area contributed by atoms with Crippen molar-refractivity contribution in [1.29, 1.82) is 0 Å². The fourth-order valence-corrected chi connectivity index (χ4v) is 5.34. The first-order valence-electron chi connectivity index (χ1n) is 11.3. The molecular weight excluding hydrogens is 558 g/mol. The second kappa shape index (κ2) is 9.24. The summed E-state index contributed by atoms with van der Waals surface area (Å²) < 4.78 is 126. The predicted octanol–water partition coefficient (Wildman–Crippen LogP) is 3.56. The number of hydrogen-bond acceptors (Lipinski definition) is 6. The van der Waals surface area contributed by atoms with Crippen molar-refractivity contribution < 1.29 is 44.0 Å². The zero-order valence-electron chi connectivity index (χ0n) is 20.1. The maximum Gasteiger partial charge on any atom is 0.334 e. The number of rotatable bonds is 7. The second-order valence-electron chi connectivity index (χ2n) is 8.76. The number of aromatic nitrogens is 3. The minimum atomic E-state index is -4.05. The van der Waals surface area contributed by atoms with E-state index < -0.39 is 91.3 Å². The highest BCUT2D eigenvalue weighted by Gasteiger charge is 2.52. The van der Waals surface area contributed by atoms with E-state index in [2.05, 4.69) is 5.16 Å². The van der Waals surface area contributed by atoms with E-state index in [0.717, 1.165) is 6.07 Å². The van der Waals surface area contributed by atoms with Gasteiger partial charge >= 0.3 is 11.6 Å². The van der Waals surface area contributed by atoms with Gasteiger partial charge in [0.25, 0.3) is 0 Å². The van der Waals surface area contributed by atoms with Gasteiger partial charge in [-0.3, -0.25) is 4.57 Å². The molecule has 16 heteroatoms. The van der Waals surface area contributed by atoms with Crippen LogP contribution < -0.4 is 10.4 Å². The summed E-state index contributed by atoms with van der Waals surface area (Å²) in [4.78, 5) is 13.2. The zero-order chi connectivity index (χ0) is 28.4. The van der Waals surface area contributed by atoms with Gasteiger partial charge in [0.05, 0.1) is 29.9 Å². The molecule has 208 valence electrons. The summed E-state index contributed by atoms with van der Waals surface area (Å²) in [6.07, 6.45) is 0.655. The topological polar surface area (TPSA) is 108 Å². The molecule has 0 bridgehead atoms. The van der Waals surface area contributed by atoms with Crippen molar-refractivity contribution in [2.45, 2.75) is 32.0 Å². The summed E-state index contributed by atoms with van der Waals surface area (Å²) in [5, 5.41) is 3.21. The van der Waals surface area contributed by atoms with Crippen LogP contribution in [0.25, 0.3) is 27.9 Å². The van der Waals surface area contributed by atoms with Crippen LogP contribution >= 0.6 is 0 Å². The van der Waals surface area contributed by atoms with E-state index in [1.54, 1.807) is 0 Å². The fourth-order valence-electron chi connectivity index (χ4n) is 4.52. The lowest BCUT2D eigenvalue weighted by Crippen LogP contribution is -2.45. The first-order valence-corrected chi connectivity index (χ1v) is 12.9. The molecule has 39 heavy (non-hydrogen) atoms. The Morgan fingerprint density at radius 2 is 1.82 bits per heavy atom. The Kier molecular flexibility index (Phi) is 6.38. The van der Waals surface area contributed by atoms with Crippen molar-refractivity contribution in [2.24, 2.45) is 0 Å². The molecule has 5 rings (SSSR count). The van der Waals surface area contributed by atoms with E-state index in [1.807, 2.05) is 4.72 Å². The number of sulfonamides is 1. The van der Waals surface area contributed by atoms with E-state index in [4.69, 9.17) is 9.26 Å². The summed E-state index contributed by atoms with van der Waals surface area (Å²) in [6, 6.07) is -0.235. The zero-order valence-corrected chi connectivity index (χ0v) is 20.9. The maximum atomic E-state index is 15.7. The van der Waals surface area contributed by atoms with Crippen molar-refractivity contribution in [3.8, 4) is 16.9 Å². The van der Waals surface area contributed by atoms with Gasteiger partial charge in [-0.05, 0) is 13.0 Å². The molecule has 0 saturated heterocycles. The number of ether oxygens (including phenoxy) is 1. The third-order valence-corrected chi connectivity index (χ3v) is 7.77. The van der Waals surface area contributed by atoms with Crippen molar-refractivity contribution in [1.82, 2.24) is 19.0 Å². The average Bonchev–Trinajstić information content (AvgIpc) is 3.47. The van der Waals surface area contributed by atoms with Crippen molar-refractivity contribution in [3.63, 3.8) is 0 Å². The molecule has 1 aliphatic rings. The third-order valence-electron chi connectivity index (χ3n) is 6.37. The van der Waals surface area contributed by atoms with Crippen LogP contribution in [0.2, 0.25) is 0 Å². The van der Waals surface area contributed by atoms with E-state index in [0.29, 0.717) is 27.5 Å². The van der Waals surface area contributed by atoms with Crippen LogP contribution in [-0.4, -0.2) is 41.6 Å². The molecule has 1 atom stereocenters. The first kappa shape index (κ1) is 27.0. The molecule has 2 aromatic heterocycles. The summed E-state index contributed by atoms with van der Waals surface area (Å²) in [5.41, 5.74) is -4.34. The average molecular weight is 576 g/mol. The Bertz CT molecular complexity index is 1770. The van der Waals surface area contributed by atoms with Crippen LogP contribution in [0.15, 0.2) is 33.7 Å². The quantitative estimate of drug-likeness (QED) is 0.337. The van der Waals surface area contributed by atoms with Crippen LogP contribution in [0.3, 0.4) is 0 Å². The predicted molar refractivity (Wildman–Crippen MR) is 124 cm³/mol. The Morgan fingerprint density at radius 1 is 1.15 bits per heavy atom. The minimum Gasteiger partial charge on any atom is -0.380 e. The number of benzene rings is 2. The lowest BCUT2D eigenvalue weighted by Gasteiger charge is -2.19. The molecule has 2 aromatic carbocycles. The highest BCUT2D eigenvalue weighted by Crippen LogP contribution is 2.41. The summed E-state index contributed by atoms with van der Waals surface area (Å²) >= 11 is 0. The third kappa shape index (κ3) is 4.22. The van der Waals surface area contributed by atoms with Gasteiger partial charge in [-0.15, -0.1) is 0 Å². The van der Waals surface area contributed by atoms with Crippen molar-refractivity contribution in [2.75, 3.05) is 12.9 Å². The highest BCUT2D eigenvalue weighted by molar-refractivity contribution is 7.89. The van der Waals surface area contributed by atoms with E-state index in [1.165, 1.54) is 14.0 Å². The van der Waals surface area contributed by atoms with Gasteiger partial charge < -0.3 is 9.26 Å². The molecule has 4 aromatic rings. The maximum absolute atomic E-state index is 15.7. The van der Waals surface area contributed by atoms with Crippen LogP contribution in [0, 0.1) is 23.3 Å². The standard InChI is InChI=1S/C23H18F6N4O5S/c1-3-39(35,36)31-15-7-32-16(23(15,28)29)8-33(22(32)34)21-18-14(38-30-21)4-10(9-37-2)20(27)19(18)17-12(25)5-11(24)6-13(17)26/h4-6,8,15,31H,3,7,9H2,1-2H3/t15-/m1/s1. The van der Waals surface area contributed by atoms with Crippen LogP contribution in [0.5, 0.6) is 0 Å². The Balaban J connectivity index is 1.75. The molecule has 0 fully saturated rings. The molecule has 1 N–H and O–H groups in total. The van der Waals surface area contributed by atoms with Crippen molar-refractivity contribution >= 4 is 21.0 Å². The van der Waals surface area contributed by atoms with E-state index in [9.17, 15) is 26.4 Å². The molecule has 0 spiro atoms. The summed E-state index contributed by atoms with van der Waals surface area (Å²) in [6.45, 7) is 0.126. The molecule has 0 saturated carbocycles. The fraction of sp³-hybridized carbons (Fsp3) is 0.304. The number of nitrogens with zero attached hydrogens (tertiary/aromatic N) is 3. The molecular formula is C23H18F6N4O5S. The van der Waals surface area contributed by atoms with Crippen LogP contribution in [0.4, 0.5) is 26.3 Å². The minimum absolute atomic E-state index is 0.227. The van der Waals surface area contributed by atoms with Crippen LogP contribution in [-0.2, 0) is 33.8 Å². The number of methoxy groups -OCH3 is 1. The lowest BCUT2D eigenvalue weighted by molar-refractivity contribution is -0.0248. The van der Waals surface area contributed by atoms with Gasteiger partial charge in [0, 0.05) is 36.6 Å². The van der Waals surface area contributed by atoms with Gasteiger partial charge in [-0.1, -0.05) is 5.16 Å². The number of halogens is 6. The van der Waals surface area contributed by atoms with Crippen molar-refractivity contribution in [3.05, 3.63) is 69.4 Å². The normalized spacial score (nSPS) is 16.8. The molecule has 1 aliphatic heterocycles. The monoisotopic (exact) mass is 576 g/mol. The molecule has 0 unspecified atom stereocenters. The Hall–Kier alpha value is -3.63. The van der Waals surface area contributed by atoms with Gasteiger partial charge in [-0.2, -0.15) is 8.78 Å². The summed E-state index contributed by atoms with van der Waals surface area (Å²) in [5.74, 6) is -10.4. The molecule has 3 heterocycles. The van der Waals surface area contributed by atoms with Crippen LogP contribution in [0.1, 0.15) is 18.2 Å². The van der Waals surface area contributed by atoms with Gasteiger partial charge in [-0.25, -0.2) is 40.1 Å². The number of nitrogens with one attached hydrogen (secondary N) is 1. The number of imidazole rings is 1.